The van der Waals surface area contributed by atoms with Crippen LogP contribution in [0.4, 0.5) is 0 Å². The highest BCUT2D eigenvalue weighted by Crippen LogP contribution is 2.41. The van der Waals surface area contributed by atoms with Gasteiger partial charge in [-0.25, -0.2) is 0 Å². The van der Waals surface area contributed by atoms with E-state index in [-0.39, 0.29) is 41.5 Å². The zero-order valence-corrected chi connectivity index (χ0v) is 26.1. The van der Waals surface area contributed by atoms with Gasteiger partial charge in [0.15, 0.2) is 5.78 Å². The molecule has 3 atom stereocenters. The third-order valence-corrected chi connectivity index (χ3v) is 8.23. The molecular formula is C36H52O3. The van der Waals surface area contributed by atoms with Gasteiger partial charge in [0.2, 0.25) is 0 Å². The zero-order chi connectivity index (χ0) is 29.3. The van der Waals surface area contributed by atoms with E-state index in [4.69, 9.17) is 0 Å². The first-order valence-electron chi connectivity index (χ1n) is 15.3. The molecule has 0 amide bonds. The van der Waals surface area contributed by atoms with E-state index in [0.29, 0.717) is 12.3 Å². The molecule has 3 nitrogen and oxygen atoms in total. The summed E-state index contributed by atoms with van der Waals surface area (Å²) >= 11 is 0. The van der Waals surface area contributed by atoms with Crippen molar-refractivity contribution < 1.29 is 14.4 Å². The number of carbonyl (C=O) groups is 3. The van der Waals surface area contributed by atoms with Crippen molar-refractivity contribution >= 4 is 17.3 Å². The smallest absolute Gasteiger partial charge is 0.163 e. The number of hydrogen-bond acceptors (Lipinski definition) is 3. The van der Waals surface area contributed by atoms with Crippen molar-refractivity contribution in [2.75, 3.05) is 0 Å². The summed E-state index contributed by atoms with van der Waals surface area (Å²) in [5.41, 5.74) is 8.01. The van der Waals surface area contributed by atoms with Crippen LogP contribution < -0.4 is 0 Å². The van der Waals surface area contributed by atoms with E-state index in [0.717, 1.165) is 48.8 Å². The summed E-state index contributed by atoms with van der Waals surface area (Å²) in [5, 5.41) is 0. The zero-order valence-electron chi connectivity index (χ0n) is 26.1. The molecule has 0 aliphatic heterocycles. The quantitative estimate of drug-likeness (QED) is 0.271. The number of fused-ring (bicyclic) bond motifs is 1. The summed E-state index contributed by atoms with van der Waals surface area (Å²) in [5.74, 6) is 1.06. The van der Waals surface area contributed by atoms with Gasteiger partial charge in [-0.15, -0.1) is 0 Å². The van der Waals surface area contributed by atoms with Crippen LogP contribution in [0.3, 0.4) is 0 Å². The van der Waals surface area contributed by atoms with Gasteiger partial charge in [-0.2, -0.15) is 0 Å². The molecule has 0 aromatic heterocycles. The minimum atomic E-state index is -0.104. The Kier molecular flexibility index (Phi) is 12.8. The molecule has 3 rings (SSSR count). The van der Waals surface area contributed by atoms with Crippen LogP contribution in [-0.4, -0.2) is 17.3 Å². The van der Waals surface area contributed by atoms with Crippen molar-refractivity contribution in [3.05, 3.63) is 58.1 Å². The number of ketones is 3. The predicted molar refractivity (Wildman–Crippen MR) is 165 cm³/mol. The van der Waals surface area contributed by atoms with Crippen molar-refractivity contribution in [3.8, 4) is 11.1 Å². The Hall–Kier alpha value is -2.55. The van der Waals surface area contributed by atoms with Crippen LogP contribution in [0, 0.1) is 31.6 Å². The fraction of sp³-hybridized carbons (Fsp3) is 0.583. The van der Waals surface area contributed by atoms with Crippen molar-refractivity contribution in [1.82, 2.24) is 0 Å². The summed E-state index contributed by atoms with van der Waals surface area (Å²) in [6.45, 7) is 18.5. The van der Waals surface area contributed by atoms with Crippen LogP contribution in [-0.2, 0) is 16.0 Å². The molecule has 214 valence electrons. The molecule has 2 aromatic rings. The molecule has 0 radical (unpaired) electrons. The second kappa shape index (κ2) is 15.3. The minimum absolute atomic E-state index is 0.0279. The summed E-state index contributed by atoms with van der Waals surface area (Å²) in [6.07, 6.45) is 6.25. The van der Waals surface area contributed by atoms with Gasteiger partial charge in [0.05, 0.1) is 6.42 Å². The molecular weight excluding hydrogens is 480 g/mol. The summed E-state index contributed by atoms with van der Waals surface area (Å²) in [6, 6.07) is 11.0. The molecule has 2 aromatic carbocycles. The van der Waals surface area contributed by atoms with Gasteiger partial charge < -0.3 is 0 Å². The Bertz CT molecular complexity index is 1120. The lowest BCUT2D eigenvalue weighted by molar-refractivity contribution is -0.129. The monoisotopic (exact) mass is 532 g/mol. The van der Waals surface area contributed by atoms with E-state index in [1.165, 1.54) is 35.6 Å². The molecule has 0 fully saturated rings. The van der Waals surface area contributed by atoms with Crippen LogP contribution in [0.25, 0.3) is 11.1 Å². The number of aryl methyl sites for hydroxylation is 1. The Morgan fingerprint density at radius 1 is 0.974 bits per heavy atom. The molecule has 0 spiro atoms. The van der Waals surface area contributed by atoms with E-state index >= 15 is 0 Å². The Morgan fingerprint density at radius 3 is 2.10 bits per heavy atom. The molecule has 1 aliphatic rings. The standard InChI is InChI=1S/C33H44O3.C3H8/c1-8-10-27(28(9-2)31(35)16-22(6)34)17-24-18-30-29(26-13-11-25(12-14-26)20(3)4)15-21(5)23(7)33(30)32(36)19-24;1-3-2/h11-15,20,24,27-28H,8-10,16-19H2,1-7H3;3H2,1-2H3. The van der Waals surface area contributed by atoms with Crippen LogP contribution >= 0.6 is 0 Å². The molecule has 0 saturated carbocycles. The Balaban J connectivity index is 0.00000170. The third-order valence-electron chi connectivity index (χ3n) is 8.23. The maximum atomic E-state index is 13.5. The Morgan fingerprint density at radius 2 is 1.59 bits per heavy atom. The number of rotatable bonds is 11. The highest BCUT2D eigenvalue weighted by atomic mass is 16.1. The fourth-order valence-electron chi connectivity index (χ4n) is 6.24. The second-order valence-electron chi connectivity index (χ2n) is 12.0. The van der Waals surface area contributed by atoms with Gasteiger partial charge in [0.1, 0.15) is 11.6 Å². The number of carbonyl (C=O) groups excluding carboxylic acids is 3. The van der Waals surface area contributed by atoms with Gasteiger partial charge >= 0.3 is 0 Å². The molecule has 3 heteroatoms. The highest BCUT2D eigenvalue weighted by molar-refractivity contribution is 6.02. The Labute approximate surface area is 238 Å². The first-order valence-corrected chi connectivity index (χ1v) is 15.3. The molecule has 3 unspecified atom stereocenters. The normalized spacial score (nSPS) is 16.3. The van der Waals surface area contributed by atoms with E-state index in [9.17, 15) is 14.4 Å². The van der Waals surface area contributed by atoms with Crippen molar-refractivity contribution in [2.24, 2.45) is 17.8 Å². The number of Topliss-reactive ketones (excluding diaryl/α,β-unsaturated/α-hetero) is 3. The van der Waals surface area contributed by atoms with Gasteiger partial charge in [-0.3, -0.25) is 14.4 Å². The number of hydrogen-bond donors (Lipinski definition) is 0. The lowest BCUT2D eigenvalue weighted by Crippen LogP contribution is -2.30. The fourth-order valence-corrected chi connectivity index (χ4v) is 6.24. The SMILES string of the molecule is CCC.CCCC(CC1CC(=O)c2c(C)c(C)cc(-c3ccc(C(C)C)cc3)c2C1)C(CC)C(=O)CC(C)=O. The van der Waals surface area contributed by atoms with E-state index in [2.05, 4.69) is 85.7 Å². The topological polar surface area (TPSA) is 51.2 Å². The molecule has 0 heterocycles. The number of benzene rings is 2. The maximum Gasteiger partial charge on any atom is 0.163 e. The highest BCUT2D eigenvalue weighted by Gasteiger charge is 2.34. The van der Waals surface area contributed by atoms with Crippen LogP contribution in [0.2, 0.25) is 0 Å². The lowest BCUT2D eigenvalue weighted by atomic mass is 9.70. The van der Waals surface area contributed by atoms with Gasteiger partial charge in [0.25, 0.3) is 0 Å². The van der Waals surface area contributed by atoms with Crippen LogP contribution in [0.1, 0.15) is 132 Å². The molecule has 0 saturated heterocycles. The average molecular weight is 533 g/mol. The third kappa shape index (κ3) is 8.47. The summed E-state index contributed by atoms with van der Waals surface area (Å²) in [7, 11) is 0. The predicted octanol–water partition coefficient (Wildman–Crippen LogP) is 9.64. The summed E-state index contributed by atoms with van der Waals surface area (Å²) in [4.78, 5) is 38.1. The first-order chi connectivity index (χ1) is 18.5. The van der Waals surface area contributed by atoms with Crippen molar-refractivity contribution in [1.29, 1.82) is 0 Å². The maximum absolute atomic E-state index is 13.5. The second-order valence-corrected chi connectivity index (χ2v) is 12.0. The van der Waals surface area contributed by atoms with E-state index in [1.54, 1.807) is 0 Å². The molecule has 39 heavy (non-hydrogen) atoms. The van der Waals surface area contributed by atoms with Gasteiger partial charge in [-0.05, 0) is 91.2 Å². The van der Waals surface area contributed by atoms with Gasteiger partial charge in [-0.1, -0.05) is 91.1 Å². The van der Waals surface area contributed by atoms with Crippen molar-refractivity contribution in [2.45, 2.75) is 120 Å². The lowest BCUT2D eigenvalue weighted by Gasteiger charge is -2.33. The van der Waals surface area contributed by atoms with Crippen LogP contribution in [0.15, 0.2) is 30.3 Å². The molecule has 0 bridgehead atoms. The van der Waals surface area contributed by atoms with Crippen molar-refractivity contribution in [3.63, 3.8) is 0 Å². The van der Waals surface area contributed by atoms with E-state index < -0.39 is 0 Å². The van der Waals surface area contributed by atoms with Gasteiger partial charge in [0, 0.05) is 17.9 Å². The largest absolute Gasteiger partial charge is 0.300 e. The molecule has 1 aliphatic carbocycles. The minimum Gasteiger partial charge on any atom is -0.300 e. The molecule has 0 N–H and O–H groups in total. The average Bonchev–Trinajstić information content (AvgIpc) is 2.86. The van der Waals surface area contributed by atoms with Crippen LogP contribution in [0.5, 0.6) is 0 Å². The first kappa shape index (κ1) is 32.7. The summed E-state index contributed by atoms with van der Waals surface area (Å²) < 4.78 is 0. The van der Waals surface area contributed by atoms with E-state index in [1.807, 2.05) is 0 Å².